The minimum Gasteiger partial charge on any atom is -0.497 e. The normalized spacial score (nSPS) is 16.9. The summed E-state index contributed by atoms with van der Waals surface area (Å²) in [5.41, 5.74) is 1.87. The summed E-state index contributed by atoms with van der Waals surface area (Å²) in [5.74, 6) is 1.92. The van der Waals surface area contributed by atoms with Gasteiger partial charge in [0, 0.05) is 25.2 Å². The van der Waals surface area contributed by atoms with Gasteiger partial charge in [0.05, 0.1) is 7.11 Å². The fourth-order valence-electron chi connectivity index (χ4n) is 4.16. The first-order chi connectivity index (χ1) is 14.1. The summed E-state index contributed by atoms with van der Waals surface area (Å²) in [6.07, 6.45) is 2.17. The Balaban J connectivity index is 0.00000256. The van der Waals surface area contributed by atoms with Gasteiger partial charge in [-0.25, -0.2) is 4.39 Å². The summed E-state index contributed by atoms with van der Waals surface area (Å²) in [4.78, 5) is 17.0. The third-order valence-electron chi connectivity index (χ3n) is 5.87. The summed E-state index contributed by atoms with van der Waals surface area (Å²) >= 11 is 0. The van der Waals surface area contributed by atoms with Crippen LogP contribution in [0, 0.1) is 11.7 Å². The summed E-state index contributed by atoms with van der Waals surface area (Å²) in [7, 11) is 1.65. The smallest absolute Gasteiger partial charge is 0.254 e. The molecule has 162 valence electrons. The van der Waals surface area contributed by atoms with E-state index >= 15 is 0 Å². The Morgan fingerprint density at radius 1 is 1.07 bits per heavy atom. The van der Waals surface area contributed by atoms with Gasteiger partial charge in [-0.05, 0) is 79.9 Å². The second kappa shape index (κ2) is 10.1. The highest BCUT2D eigenvalue weighted by Crippen LogP contribution is 2.29. The number of hydrogen-bond acceptors (Lipinski definition) is 4. The second-order valence-electron chi connectivity index (χ2n) is 7.80. The van der Waals surface area contributed by atoms with Gasteiger partial charge in [-0.1, -0.05) is 0 Å². The Labute approximate surface area is 183 Å². The summed E-state index contributed by atoms with van der Waals surface area (Å²) in [6.45, 7) is 4.98. The first kappa shape index (κ1) is 22.4. The van der Waals surface area contributed by atoms with Crippen molar-refractivity contribution in [2.75, 3.05) is 39.9 Å². The zero-order valence-electron chi connectivity index (χ0n) is 17.2. The van der Waals surface area contributed by atoms with E-state index in [2.05, 4.69) is 4.90 Å². The number of piperidine rings is 1. The molecule has 0 spiro atoms. The molecule has 0 bridgehead atoms. The van der Waals surface area contributed by atoms with Crippen molar-refractivity contribution >= 4 is 18.3 Å². The summed E-state index contributed by atoms with van der Waals surface area (Å²) < 4.78 is 23.9. The average Bonchev–Trinajstić information content (AvgIpc) is 3.05. The largest absolute Gasteiger partial charge is 0.497 e. The number of carbonyl (C=O) groups excluding carboxylic acids is 1. The van der Waals surface area contributed by atoms with Crippen LogP contribution in [0.25, 0.3) is 0 Å². The van der Waals surface area contributed by atoms with E-state index in [1.807, 2.05) is 23.1 Å². The molecule has 0 saturated carbocycles. The maximum Gasteiger partial charge on any atom is 0.254 e. The molecule has 1 fully saturated rings. The summed E-state index contributed by atoms with van der Waals surface area (Å²) in [5, 5.41) is 0. The molecule has 0 atom stereocenters. The number of amides is 1. The van der Waals surface area contributed by atoms with Gasteiger partial charge in [0.1, 0.15) is 23.9 Å². The minimum atomic E-state index is -0.252. The number of nitrogens with zero attached hydrogens (tertiary/aromatic N) is 2. The first-order valence-electron chi connectivity index (χ1n) is 10.2. The Morgan fingerprint density at radius 2 is 1.77 bits per heavy atom. The van der Waals surface area contributed by atoms with Crippen LogP contribution in [0.15, 0.2) is 42.5 Å². The highest BCUT2D eigenvalue weighted by molar-refractivity contribution is 5.98. The van der Waals surface area contributed by atoms with E-state index in [9.17, 15) is 9.18 Å². The third-order valence-corrected chi connectivity index (χ3v) is 5.87. The quantitative estimate of drug-likeness (QED) is 0.660. The van der Waals surface area contributed by atoms with Crippen LogP contribution < -0.4 is 9.47 Å². The van der Waals surface area contributed by atoms with E-state index in [0.29, 0.717) is 24.8 Å². The molecule has 2 aliphatic heterocycles. The SMILES string of the molecule is COc1ccc2c(c1)CN(CC1CCN(CCOc3ccc(F)cc3)CC1)C2=O.Cl. The average molecular weight is 435 g/mol. The van der Waals surface area contributed by atoms with Gasteiger partial charge in [0.2, 0.25) is 0 Å². The van der Waals surface area contributed by atoms with Crippen molar-refractivity contribution in [1.29, 1.82) is 0 Å². The number of benzene rings is 2. The van der Waals surface area contributed by atoms with Gasteiger partial charge >= 0.3 is 0 Å². The Hall–Kier alpha value is -2.31. The molecule has 0 unspecified atom stereocenters. The van der Waals surface area contributed by atoms with Gasteiger partial charge in [-0.15, -0.1) is 12.4 Å². The zero-order chi connectivity index (χ0) is 20.2. The Bertz CT molecular complexity index is 854. The molecule has 4 rings (SSSR count). The molecule has 7 heteroatoms. The molecular formula is C23H28ClFN2O3. The van der Waals surface area contributed by atoms with Gasteiger partial charge in [0.15, 0.2) is 0 Å². The number of carbonyl (C=O) groups is 1. The molecule has 5 nitrogen and oxygen atoms in total. The highest BCUT2D eigenvalue weighted by Gasteiger charge is 2.30. The second-order valence-corrected chi connectivity index (χ2v) is 7.80. The van der Waals surface area contributed by atoms with Crippen LogP contribution in [0.4, 0.5) is 4.39 Å². The van der Waals surface area contributed by atoms with E-state index in [-0.39, 0.29) is 24.1 Å². The van der Waals surface area contributed by atoms with Gasteiger partial charge in [-0.3, -0.25) is 9.69 Å². The maximum atomic E-state index is 12.9. The third kappa shape index (κ3) is 5.24. The number of fused-ring (bicyclic) bond motifs is 1. The molecule has 30 heavy (non-hydrogen) atoms. The van der Waals surface area contributed by atoms with Crippen LogP contribution in [0.3, 0.4) is 0 Å². The standard InChI is InChI=1S/C23H27FN2O3.ClH/c1-28-21-6-7-22-18(14-21)16-26(23(22)27)15-17-8-10-25(11-9-17)12-13-29-20-4-2-19(24)3-5-20;/h2-7,14,17H,8-13,15-16H2,1H3;1H. The van der Waals surface area contributed by atoms with E-state index in [1.165, 1.54) is 12.1 Å². The molecule has 2 heterocycles. The van der Waals surface area contributed by atoms with E-state index < -0.39 is 0 Å². The molecule has 0 radical (unpaired) electrons. The zero-order valence-corrected chi connectivity index (χ0v) is 18.0. The number of halogens is 2. The lowest BCUT2D eigenvalue weighted by Crippen LogP contribution is -2.40. The van der Waals surface area contributed by atoms with Crippen molar-refractivity contribution in [1.82, 2.24) is 9.80 Å². The topological polar surface area (TPSA) is 42.0 Å². The molecule has 2 aromatic carbocycles. The molecule has 2 aromatic rings. The van der Waals surface area contributed by atoms with Gasteiger partial charge in [0.25, 0.3) is 5.91 Å². The van der Waals surface area contributed by atoms with Crippen molar-refractivity contribution in [3.05, 3.63) is 59.4 Å². The molecule has 1 saturated heterocycles. The molecule has 1 amide bonds. The Kier molecular flexibility index (Phi) is 7.56. The number of ether oxygens (including phenoxy) is 2. The predicted octanol–water partition coefficient (Wildman–Crippen LogP) is 4.00. The number of likely N-dealkylation sites (tertiary alicyclic amines) is 1. The fraction of sp³-hybridized carbons (Fsp3) is 0.435. The Morgan fingerprint density at radius 3 is 2.47 bits per heavy atom. The molecule has 2 aliphatic rings. The number of rotatable bonds is 7. The van der Waals surface area contributed by atoms with Crippen LogP contribution in [-0.2, 0) is 6.54 Å². The van der Waals surface area contributed by atoms with E-state index in [4.69, 9.17) is 9.47 Å². The van der Waals surface area contributed by atoms with Crippen molar-refractivity contribution in [3.8, 4) is 11.5 Å². The van der Waals surface area contributed by atoms with Gasteiger partial charge in [-0.2, -0.15) is 0 Å². The van der Waals surface area contributed by atoms with E-state index in [1.54, 1.807) is 19.2 Å². The summed E-state index contributed by atoms with van der Waals surface area (Å²) in [6, 6.07) is 11.8. The molecule has 0 aromatic heterocycles. The van der Waals surface area contributed by atoms with Gasteiger partial charge < -0.3 is 14.4 Å². The van der Waals surface area contributed by atoms with E-state index in [0.717, 1.165) is 55.9 Å². The lowest BCUT2D eigenvalue weighted by molar-refractivity contribution is 0.0708. The van der Waals surface area contributed by atoms with Crippen molar-refractivity contribution in [2.24, 2.45) is 5.92 Å². The van der Waals surface area contributed by atoms with Crippen LogP contribution in [0.5, 0.6) is 11.5 Å². The first-order valence-corrected chi connectivity index (χ1v) is 10.2. The van der Waals surface area contributed by atoms with Crippen LogP contribution in [-0.4, -0.2) is 55.6 Å². The monoisotopic (exact) mass is 434 g/mol. The minimum absolute atomic E-state index is 0. The van der Waals surface area contributed by atoms with Crippen LogP contribution in [0.2, 0.25) is 0 Å². The van der Waals surface area contributed by atoms with Crippen LogP contribution in [0.1, 0.15) is 28.8 Å². The fourth-order valence-corrected chi connectivity index (χ4v) is 4.16. The molecular weight excluding hydrogens is 407 g/mol. The van der Waals surface area contributed by atoms with Crippen molar-refractivity contribution in [2.45, 2.75) is 19.4 Å². The predicted molar refractivity (Wildman–Crippen MR) is 116 cm³/mol. The molecule has 0 N–H and O–H groups in total. The van der Waals surface area contributed by atoms with Crippen LogP contribution >= 0.6 is 12.4 Å². The molecule has 0 aliphatic carbocycles. The number of hydrogen-bond donors (Lipinski definition) is 0. The maximum absolute atomic E-state index is 12.9. The highest BCUT2D eigenvalue weighted by atomic mass is 35.5. The van der Waals surface area contributed by atoms with Crippen molar-refractivity contribution < 1.29 is 18.7 Å². The number of methoxy groups -OCH3 is 1. The lowest BCUT2D eigenvalue weighted by atomic mass is 9.96. The van der Waals surface area contributed by atoms with Crippen molar-refractivity contribution in [3.63, 3.8) is 0 Å². The lowest BCUT2D eigenvalue weighted by Gasteiger charge is -2.33.